The summed E-state index contributed by atoms with van der Waals surface area (Å²) in [6, 6.07) is 0. The van der Waals surface area contributed by atoms with Crippen molar-refractivity contribution >= 4 is 17.4 Å². The summed E-state index contributed by atoms with van der Waals surface area (Å²) < 4.78 is 4.44. The fraction of sp³-hybridized carbons (Fsp3) is 0.375. The number of hydrogen-bond donors (Lipinski definition) is 1. The lowest BCUT2D eigenvalue weighted by Crippen LogP contribution is -2.22. The van der Waals surface area contributed by atoms with Crippen molar-refractivity contribution in [1.29, 1.82) is 0 Å². The Morgan fingerprint density at radius 1 is 1.67 bits per heavy atom. The summed E-state index contributed by atoms with van der Waals surface area (Å²) in [4.78, 5) is 10.7. The Morgan fingerprint density at radius 2 is 2.42 bits per heavy atom. The molecule has 3 nitrogen and oxygen atoms in total. The Kier molecular flexibility index (Phi) is 3.10. The Bertz CT molecular complexity index is 270. The van der Waals surface area contributed by atoms with Gasteiger partial charge in [0.1, 0.15) is 0 Å². The number of hydrogen-bond acceptors (Lipinski definition) is 3. The average molecular weight is 185 g/mol. The van der Waals surface area contributed by atoms with Crippen molar-refractivity contribution in [3.8, 4) is 0 Å². The first-order chi connectivity index (χ1) is 5.74. The van der Waals surface area contributed by atoms with Crippen LogP contribution in [0.4, 0.5) is 4.79 Å². The third-order valence-electron chi connectivity index (χ3n) is 1.57. The third-order valence-corrected chi connectivity index (χ3v) is 2.48. The number of ether oxygens (including phenoxy) is 1. The molecule has 0 aliphatic carbocycles. The van der Waals surface area contributed by atoms with Crippen molar-refractivity contribution < 1.29 is 9.53 Å². The summed E-state index contributed by atoms with van der Waals surface area (Å²) in [5, 5.41) is 6.69. The molecular weight excluding hydrogens is 174 g/mol. The molecular formula is C8H11NO2S. The minimum absolute atomic E-state index is 0.388. The molecule has 1 rings (SSSR count). The van der Waals surface area contributed by atoms with E-state index in [4.69, 9.17) is 0 Å². The van der Waals surface area contributed by atoms with E-state index in [9.17, 15) is 4.79 Å². The second-order valence-corrected chi connectivity index (χ2v) is 3.17. The van der Waals surface area contributed by atoms with Gasteiger partial charge in [-0.2, -0.15) is 11.3 Å². The van der Waals surface area contributed by atoms with Crippen LogP contribution < -0.4 is 5.32 Å². The van der Waals surface area contributed by atoms with E-state index in [0.717, 1.165) is 5.56 Å². The highest BCUT2D eigenvalue weighted by Gasteiger charge is 2.01. The maximum atomic E-state index is 10.7. The quantitative estimate of drug-likeness (QED) is 0.764. The van der Waals surface area contributed by atoms with Gasteiger partial charge >= 0.3 is 6.09 Å². The topological polar surface area (TPSA) is 38.3 Å². The molecule has 0 saturated carbocycles. The molecule has 66 valence electrons. The molecule has 0 fully saturated rings. The second kappa shape index (κ2) is 4.11. The van der Waals surface area contributed by atoms with Crippen molar-refractivity contribution in [3.05, 3.63) is 21.9 Å². The molecule has 0 unspecified atom stereocenters. The number of amides is 1. The van der Waals surface area contributed by atoms with Crippen LogP contribution in [0.5, 0.6) is 0 Å². The van der Waals surface area contributed by atoms with Gasteiger partial charge in [-0.1, -0.05) is 0 Å². The molecule has 12 heavy (non-hydrogen) atoms. The van der Waals surface area contributed by atoms with Crippen LogP contribution in [0.15, 0.2) is 10.8 Å². The van der Waals surface area contributed by atoms with Crippen molar-refractivity contribution in [2.45, 2.75) is 13.5 Å². The maximum absolute atomic E-state index is 10.7. The van der Waals surface area contributed by atoms with Crippen molar-refractivity contribution in [2.75, 3.05) is 7.11 Å². The van der Waals surface area contributed by atoms with E-state index in [2.05, 4.69) is 10.1 Å². The molecule has 1 heterocycles. The minimum Gasteiger partial charge on any atom is -0.453 e. The largest absolute Gasteiger partial charge is 0.453 e. The highest BCUT2D eigenvalue weighted by Crippen LogP contribution is 2.12. The number of methoxy groups -OCH3 is 1. The van der Waals surface area contributed by atoms with Crippen LogP contribution in [0.3, 0.4) is 0 Å². The van der Waals surface area contributed by atoms with Gasteiger partial charge in [0.2, 0.25) is 0 Å². The van der Waals surface area contributed by atoms with Gasteiger partial charge in [0.05, 0.1) is 7.11 Å². The molecule has 1 amide bonds. The average Bonchev–Trinajstić information content (AvgIpc) is 2.47. The third kappa shape index (κ3) is 2.23. The van der Waals surface area contributed by atoms with Crippen LogP contribution in [-0.4, -0.2) is 13.2 Å². The van der Waals surface area contributed by atoms with Crippen LogP contribution in [0, 0.1) is 6.92 Å². The number of carbonyl (C=O) groups is 1. The molecule has 1 N–H and O–H groups in total. The SMILES string of the molecule is COC(=O)NCc1cscc1C. The van der Waals surface area contributed by atoms with Gasteiger partial charge in [-0.3, -0.25) is 0 Å². The van der Waals surface area contributed by atoms with Crippen LogP contribution in [0.2, 0.25) is 0 Å². The maximum Gasteiger partial charge on any atom is 0.407 e. The predicted octanol–water partition coefficient (Wildman–Crippen LogP) is 1.91. The normalized spacial score (nSPS) is 9.50. The summed E-state index contributed by atoms with van der Waals surface area (Å²) in [7, 11) is 1.36. The van der Waals surface area contributed by atoms with E-state index in [0.29, 0.717) is 6.54 Å². The van der Waals surface area contributed by atoms with Crippen molar-refractivity contribution in [3.63, 3.8) is 0 Å². The van der Waals surface area contributed by atoms with Gasteiger partial charge < -0.3 is 10.1 Å². The molecule has 0 atom stereocenters. The highest BCUT2D eigenvalue weighted by molar-refractivity contribution is 7.08. The zero-order valence-electron chi connectivity index (χ0n) is 7.09. The van der Waals surface area contributed by atoms with E-state index in [-0.39, 0.29) is 6.09 Å². The van der Waals surface area contributed by atoms with Gasteiger partial charge in [-0.15, -0.1) is 0 Å². The molecule has 4 heteroatoms. The fourth-order valence-corrected chi connectivity index (χ4v) is 1.66. The zero-order chi connectivity index (χ0) is 8.97. The number of carbonyl (C=O) groups excluding carboxylic acids is 1. The monoisotopic (exact) mass is 185 g/mol. The Hall–Kier alpha value is -1.03. The Labute approximate surface area is 75.4 Å². The number of nitrogens with one attached hydrogen (secondary N) is 1. The summed E-state index contributed by atoms with van der Waals surface area (Å²) in [5.41, 5.74) is 2.35. The summed E-state index contributed by atoms with van der Waals surface area (Å²) in [6.07, 6.45) is -0.388. The highest BCUT2D eigenvalue weighted by atomic mass is 32.1. The van der Waals surface area contributed by atoms with E-state index in [1.54, 1.807) is 11.3 Å². The smallest absolute Gasteiger partial charge is 0.407 e. The van der Waals surface area contributed by atoms with Gasteiger partial charge in [0.15, 0.2) is 0 Å². The summed E-state index contributed by atoms with van der Waals surface area (Å²) in [5.74, 6) is 0. The Morgan fingerprint density at radius 3 is 2.92 bits per heavy atom. The molecule has 0 radical (unpaired) electrons. The molecule has 0 saturated heterocycles. The van der Waals surface area contributed by atoms with Crippen LogP contribution in [0.25, 0.3) is 0 Å². The van der Waals surface area contributed by atoms with Gasteiger partial charge in [-0.25, -0.2) is 4.79 Å². The number of thiophene rings is 1. The lowest BCUT2D eigenvalue weighted by atomic mass is 10.2. The van der Waals surface area contributed by atoms with E-state index < -0.39 is 0 Å². The summed E-state index contributed by atoms with van der Waals surface area (Å²) in [6.45, 7) is 2.56. The van der Waals surface area contributed by atoms with E-state index >= 15 is 0 Å². The van der Waals surface area contributed by atoms with E-state index in [1.165, 1.54) is 12.7 Å². The standard InChI is InChI=1S/C8H11NO2S/c1-6-4-12-5-7(6)3-9-8(10)11-2/h4-5H,3H2,1-2H3,(H,9,10). The number of alkyl carbamates (subject to hydrolysis) is 1. The Balaban J connectivity index is 2.43. The molecule has 1 aromatic rings. The zero-order valence-corrected chi connectivity index (χ0v) is 7.90. The van der Waals surface area contributed by atoms with E-state index in [1.807, 2.05) is 17.7 Å². The van der Waals surface area contributed by atoms with Crippen LogP contribution in [0.1, 0.15) is 11.1 Å². The first kappa shape index (κ1) is 9.06. The molecule has 0 aliphatic heterocycles. The van der Waals surface area contributed by atoms with Crippen LogP contribution >= 0.6 is 11.3 Å². The second-order valence-electron chi connectivity index (χ2n) is 2.43. The van der Waals surface area contributed by atoms with Crippen LogP contribution in [-0.2, 0) is 11.3 Å². The first-order valence-electron chi connectivity index (χ1n) is 3.57. The molecule has 0 spiro atoms. The number of aryl methyl sites for hydroxylation is 1. The van der Waals surface area contributed by atoms with Crippen molar-refractivity contribution in [1.82, 2.24) is 5.32 Å². The molecule has 0 bridgehead atoms. The molecule has 0 aliphatic rings. The van der Waals surface area contributed by atoms with Gasteiger partial charge in [0.25, 0.3) is 0 Å². The molecule has 0 aromatic carbocycles. The summed E-state index contributed by atoms with van der Waals surface area (Å²) >= 11 is 1.63. The lowest BCUT2D eigenvalue weighted by Gasteiger charge is -2.01. The van der Waals surface area contributed by atoms with Gasteiger partial charge in [0, 0.05) is 6.54 Å². The molecule has 1 aromatic heterocycles. The predicted molar refractivity (Wildman–Crippen MR) is 48.3 cm³/mol. The first-order valence-corrected chi connectivity index (χ1v) is 4.52. The minimum atomic E-state index is -0.388. The van der Waals surface area contributed by atoms with Crippen molar-refractivity contribution in [2.24, 2.45) is 0 Å². The lowest BCUT2D eigenvalue weighted by molar-refractivity contribution is 0.170. The fourth-order valence-electron chi connectivity index (χ4n) is 0.807. The number of rotatable bonds is 2. The van der Waals surface area contributed by atoms with Gasteiger partial charge in [-0.05, 0) is 28.8 Å².